The van der Waals surface area contributed by atoms with E-state index in [1.165, 1.54) is 12.1 Å². The lowest BCUT2D eigenvalue weighted by molar-refractivity contribution is 0.356. The van der Waals surface area contributed by atoms with Crippen molar-refractivity contribution in [1.82, 2.24) is 10.2 Å². The molecule has 1 heterocycles. The molecule has 0 amide bonds. The molecule has 0 saturated heterocycles. The first-order chi connectivity index (χ1) is 11.2. The number of para-hydroxylation sites is 1. The van der Waals surface area contributed by atoms with Crippen molar-refractivity contribution in [3.63, 3.8) is 0 Å². The predicted molar refractivity (Wildman–Crippen MR) is 86.0 cm³/mol. The summed E-state index contributed by atoms with van der Waals surface area (Å²) in [6.45, 7) is 0. The average molecular weight is 310 g/mol. The van der Waals surface area contributed by atoms with Gasteiger partial charge in [0.1, 0.15) is 5.82 Å². The van der Waals surface area contributed by atoms with Gasteiger partial charge in [-0.3, -0.25) is 0 Å². The molecule has 0 radical (unpaired) electrons. The second-order valence-electron chi connectivity index (χ2n) is 4.85. The van der Waals surface area contributed by atoms with E-state index in [1.54, 1.807) is 26.4 Å². The van der Waals surface area contributed by atoms with Gasteiger partial charge in [-0.2, -0.15) is 0 Å². The minimum atomic E-state index is -0.278. The van der Waals surface area contributed by atoms with Crippen molar-refractivity contribution in [1.29, 1.82) is 0 Å². The maximum Gasteiger partial charge on any atom is 0.170 e. The Bertz CT molecular complexity index is 802. The fourth-order valence-corrected chi connectivity index (χ4v) is 2.34. The van der Waals surface area contributed by atoms with Crippen LogP contribution in [0.25, 0.3) is 22.5 Å². The van der Waals surface area contributed by atoms with E-state index in [2.05, 4.69) is 10.2 Å². The van der Waals surface area contributed by atoms with E-state index in [0.717, 1.165) is 11.1 Å². The molecule has 23 heavy (non-hydrogen) atoms. The van der Waals surface area contributed by atoms with Crippen LogP contribution in [0, 0.1) is 5.82 Å². The number of hydrogen-bond donors (Lipinski definition) is 0. The summed E-state index contributed by atoms with van der Waals surface area (Å²) in [4.78, 5) is 0. The SMILES string of the molecule is COc1cccc(-c2ccc(-c3ccc(F)cc3)nn2)c1OC. The van der Waals surface area contributed by atoms with Gasteiger partial charge in [0.05, 0.1) is 25.6 Å². The maximum atomic E-state index is 13.0. The van der Waals surface area contributed by atoms with Crippen LogP contribution in [0.3, 0.4) is 0 Å². The fourth-order valence-electron chi connectivity index (χ4n) is 2.34. The van der Waals surface area contributed by atoms with Crippen LogP contribution in [0.1, 0.15) is 0 Å². The number of nitrogens with zero attached hydrogens (tertiary/aromatic N) is 2. The van der Waals surface area contributed by atoms with Crippen LogP contribution in [-0.4, -0.2) is 24.4 Å². The summed E-state index contributed by atoms with van der Waals surface area (Å²) in [5.74, 6) is 0.965. The quantitative estimate of drug-likeness (QED) is 0.731. The summed E-state index contributed by atoms with van der Waals surface area (Å²) >= 11 is 0. The second kappa shape index (κ2) is 6.44. The number of hydrogen-bond acceptors (Lipinski definition) is 4. The molecule has 0 atom stereocenters. The number of ether oxygens (including phenoxy) is 2. The van der Waals surface area contributed by atoms with Crippen molar-refractivity contribution >= 4 is 0 Å². The lowest BCUT2D eigenvalue weighted by Gasteiger charge is -2.11. The molecular formula is C18H15FN2O2. The van der Waals surface area contributed by atoms with Crippen LogP contribution < -0.4 is 9.47 Å². The summed E-state index contributed by atoms with van der Waals surface area (Å²) < 4.78 is 23.7. The van der Waals surface area contributed by atoms with E-state index < -0.39 is 0 Å². The first-order valence-corrected chi connectivity index (χ1v) is 7.04. The molecule has 0 spiro atoms. The van der Waals surface area contributed by atoms with Crippen LogP contribution in [0.5, 0.6) is 11.5 Å². The minimum Gasteiger partial charge on any atom is -0.493 e. The molecule has 5 heteroatoms. The zero-order valence-corrected chi connectivity index (χ0v) is 12.8. The monoisotopic (exact) mass is 310 g/mol. The molecule has 3 rings (SSSR count). The second-order valence-corrected chi connectivity index (χ2v) is 4.85. The highest BCUT2D eigenvalue weighted by molar-refractivity contribution is 5.72. The normalized spacial score (nSPS) is 10.4. The van der Waals surface area contributed by atoms with Gasteiger partial charge in [-0.25, -0.2) is 4.39 Å². The number of aromatic nitrogens is 2. The van der Waals surface area contributed by atoms with Crippen molar-refractivity contribution in [2.75, 3.05) is 14.2 Å². The molecule has 1 aromatic heterocycles. The summed E-state index contributed by atoms with van der Waals surface area (Å²) in [5.41, 5.74) is 2.95. The van der Waals surface area contributed by atoms with Crippen LogP contribution >= 0.6 is 0 Å². The van der Waals surface area contributed by atoms with Gasteiger partial charge >= 0.3 is 0 Å². The fraction of sp³-hybridized carbons (Fsp3) is 0.111. The Morgan fingerprint density at radius 2 is 1.48 bits per heavy atom. The lowest BCUT2D eigenvalue weighted by atomic mass is 10.1. The third-order valence-electron chi connectivity index (χ3n) is 3.48. The molecule has 0 aliphatic rings. The van der Waals surface area contributed by atoms with Gasteiger partial charge in [0, 0.05) is 11.1 Å². The lowest BCUT2D eigenvalue weighted by Crippen LogP contribution is -1.96. The molecule has 0 N–H and O–H groups in total. The molecule has 0 aliphatic carbocycles. The van der Waals surface area contributed by atoms with Crippen LogP contribution in [0.2, 0.25) is 0 Å². The van der Waals surface area contributed by atoms with Crippen LogP contribution in [0.4, 0.5) is 4.39 Å². The van der Waals surface area contributed by atoms with E-state index >= 15 is 0 Å². The van der Waals surface area contributed by atoms with Crippen LogP contribution in [-0.2, 0) is 0 Å². The molecule has 0 aliphatic heterocycles. The first-order valence-electron chi connectivity index (χ1n) is 7.04. The third kappa shape index (κ3) is 2.99. The summed E-state index contributed by atoms with van der Waals surface area (Å²) in [6.07, 6.45) is 0. The smallest absolute Gasteiger partial charge is 0.170 e. The van der Waals surface area contributed by atoms with Gasteiger partial charge in [0.2, 0.25) is 0 Å². The number of rotatable bonds is 4. The highest BCUT2D eigenvalue weighted by Gasteiger charge is 2.13. The van der Waals surface area contributed by atoms with Gasteiger partial charge in [-0.1, -0.05) is 6.07 Å². The highest BCUT2D eigenvalue weighted by Crippen LogP contribution is 2.36. The van der Waals surface area contributed by atoms with E-state index in [1.807, 2.05) is 30.3 Å². The predicted octanol–water partition coefficient (Wildman–Crippen LogP) is 3.97. The summed E-state index contributed by atoms with van der Waals surface area (Å²) in [5, 5.41) is 8.47. The Hall–Kier alpha value is -2.95. The molecule has 2 aromatic carbocycles. The Morgan fingerprint density at radius 3 is 2.09 bits per heavy atom. The van der Waals surface area contributed by atoms with Crippen LogP contribution in [0.15, 0.2) is 54.6 Å². The summed E-state index contributed by atoms with van der Waals surface area (Å²) in [6, 6.07) is 15.4. The Kier molecular flexibility index (Phi) is 4.19. The molecule has 4 nitrogen and oxygen atoms in total. The van der Waals surface area contributed by atoms with Crippen molar-refractivity contribution in [2.45, 2.75) is 0 Å². The molecular weight excluding hydrogens is 295 g/mol. The number of halogens is 1. The molecule has 0 unspecified atom stereocenters. The Morgan fingerprint density at radius 1 is 0.783 bits per heavy atom. The molecule has 0 fully saturated rings. The first kappa shape index (κ1) is 15.0. The third-order valence-corrected chi connectivity index (χ3v) is 3.48. The van der Waals surface area contributed by atoms with Gasteiger partial charge in [0.25, 0.3) is 0 Å². The maximum absolute atomic E-state index is 13.0. The molecule has 0 saturated carbocycles. The van der Waals surface area contributed by atoms with Gasteiger partial charge in [0.15, 0.2) is 11.5 Å². The number of benzene rings is 2. The van der Waals surface area contributed by atoms with Gasteiger partial charge in [-0.05, 0) is 48.5 Å². The standard InChI is InChI=1S/C18H15FN2O2/c1-22-17-5-3-4-14(18(17)23-2)16-11-10-15(20-21-16)12-6-8-13(19)9-7-12/h3-11H,1-2H3. The zero-order chi connectivity index (χ0) is 16.2. The van der Waals surface area contributed by atoms with Gasteiger partial charge in [-0.15, -0.1) is 10.2 Å². The Balaban J connectivity index is 1.98. The average Bonchev–Trinajstić information content (AvgIpc) is 2.61. The Labute approximate surface area is 133 Å². The number of methoxy groups -OCH3 is 2. The van der Waals surface area contributed by atoms with Crippen molar-refractivity contribution in [3.8, 4) is 34.0 Å². The highest BCUT2D eigenvalue weighted by atomic mass is 19.1. The van der Waals surface area contributed by atoms with E-state index in [0.29, 0.717) is 22.9 Å². The van der Waals surface area contributed by atoms with E-state index in [4.69, 9.17) is 9.47 Å². The van der Waals surface area contributed by atoms with Gasteiger partial charge < -0.3 is 9.47 Å². The minimum absolute atomic E-state index is 0.278. The molecule has 3 aromatic rings. The molecule has 0 bridgehead atoms. The van der Waals surface area contributed by atoms with Crippen molar-refractivity contribution < 1.29 is 13.9 Å². The van der Waals surface area contributed by atoms with Crippen molar-refractivity contribution in [2.24, 2.45) is 0 Å². The molecule has 116 valence electrons. The van der Waals surface area contributed by atoms with E-state index in [9.17, 15) is 4.39 Å². The topological polar surface area (TPSA) is 44.2 Å². The van der Waals surface area contributed by atoms with Crippen molar-refractivity contribution in [3.05, 3.63) is 60.4 Å². The summed E-state index contributed by atoms with van der Waals surface area (Å²) in [7, 11) is 3.17. The largest absolute Gasteiger partial charge is 0.493 e. The van der Waals surface area contributed by atoms with E-state index in [-0.39, 0.29) is 5.82 Å². The zero-order valence-electron chi connectivity index (χ0n) is 12.8.